The average molecular weight is 477 g/mol. The van der Waals surface area contributed by atoms with Crippen LogP contribution in [0.15, 0.2) is 53.0 Å². The SMILES string of the molecule is O=C(O)Cc1ccccc1OC[C@@H](O)CNC1CCN(Cc2ccc(Br)cc2)CC1. The summed E-state index contributed by atoms with van der Waals surface area (Å²) in [6.07, 6.45) is 1.35. The van der Waals surface area contributed by atoms with Gasteiger partial charge in [0, 0.05) is 29.2 Å². The van der Waals surface area contributed by atoms with Crippen molar-refractivity contribution in [3.8, 4) is 5.75 Å². The van der Waals surface area contributed by atoms with Gasteiger partial charge in [0.15, 0.2) is 0 Å². The van der Waals surface area contributed by atoms with Crippen LogP contribution in [0.1, 0.15) is 24.0 Å². The zero-order valence-electron chi connectivity index (χ0n) is 17.0. The molecule has 2 aromatic carbocycles. The number of nitrogens with zero attached hydrogens (tertiary/aromatic N) is 1. The molecule has 1 heterocycles. The maximum atomic E-state index is 11.0. The number of nitrogens with one attached hydrogen (secondary N) is 1. The maximum absolute atomic E-state index is 11.0. The van der Waals surface area contributed by atoms with Crippen molar-refractivity contribution in [3.63, 3.8) is 0 Å². The molecule has 1 aliphatic rings. The van der Waals surface area contributed by atoms with Crippen molar-refractivity contribution in [2.75, 3.05) is 26.2 Å². The molecule has 1 aliphatic heterocycles. The van der Waals surface area contributed by atoms with Crippen LogP contribution in [-0.4, -0.2) is 59.5 Å². The number of aliphatic hydroxyl groups excluding tert-OH is 1. The minimum absolute atomic E-state index is 0.0939. The van der Waals surface area contributed by atoms with Crippen molar-refractivity contribution in [1.29, 1.82) is 0 Å². The predicted molar refractivity (Wildman–Crippen MR) is 120 cm³/mol. The Kier molecular flexibility index (Phi) is 8.69. The van der Waals surface area contributed by atoms with E-state index in [4.69, 9.17) is 9.84 Å². The molecule has 1 atom stereocenters. The Morgan fingerprint density at radius 1 is 1.17 bits per heavy atom. The lowest BCUT2D eigenvalue weighted by molar-refractivity contribution is -0.136. The van der Waals surface area contributed by atoms with E-state index < -0.39 is 12.1 Å². The van der Waals surface area contributed by atoms with E-state index in [-0.39, 0.29) is 13.0 Å². The highest BCUT2D eigenvalue weighted by molar-refractivity contribution is 9.10. The van der Waals surface area contributed by atoms with Crippen molar-refractivity contribution in [2.24, 2.45) is 0 Å². The smallest absolute Gasteiger partial charge is 0.307 e. The maximum Gasteiger partial charge on any atom is 0.307 e. The normalized spacial score (nSPS) is 16.3. The first-order chi connectivity index (χ1) is 14.5. The molecule has 0 radical (unpaired) electrons. The monoisotopic (exact) mass is 476 g/mol. The van der Waals surface area contributed by atoms with E-state index >= 15 is 0 Å². The van der Waals surface area contributed by atoms with E-state index in [0.29, 0.717) is 23.9 Å². The second-order valence-electron chi connectivity index (χ2n) is 7.73. The highest BCUT2D eigenvalue weighted by Crippen LogP contribution is 2.19. The van der Waals surface area contributed by atoms with Gasteiger partial charge in [-0.3, -0.25) is 9.69 Å². The average Bonchev–Trinajstić information content (AvgIpc) is 2.74. The fourth-order valence-corrected chi connectivity index (χ4v) is 3.91. The van der Waals surface area contributed by atoms with Crippen LogP contribution >= 0.6 is 15.9 Å². The molecule has 0 bridgehead atoms. The Balaban J connectivity index is 1.35. The van der Waals surface area contributed by atoms with E-state index in [1.54, 1.807) is 24.3 Å². The van der Waals surface area contributed by atoms with Crippen LogP contribution in [0, 0.1) is 0 Å². The van der Waals surface area contributed by atoms with Gasteiger partial charge >= 0.3 is 5.97 Å². The predicted octanol–water partition coefficient (Wildman–Crippen LogP) is 3.07. The summed E-state index contributed by atoms with van der Waals surface area (Å²) in [5.74, 6) is -0.389. The number of hydrogen-bond donors (Lipinski definition) is 3. The van der Waals surface area contributed by atoms with Gasteiger partial charge in [0.05, 0.1) is 6.42 Å². The third-order valence-electron chi connectivity index (χ3n) is 5.29. The Hall–Kier alpha value is -1.93. The van der Waals surface area contributed by atoms with Crippen LogP contribution in [-0.2, 0) is 17.8 Å². The van der Waals surface area contributed by atoms with E-state index in [2.05, 4.69) is 50.4 Å². The first-order valence-corrected chi connectivity index (χ1v) is 11.1. The molecule has 0 saturated carbocycles. The molecule has 30 heavy (non-hydrogen) atoms. The van der Waals surface area contributed by atoms with Crippen LogP contribution in [0.25, 0.3) is 0 Å². The van der Waals surface area contributed by atoms with Crippen molar-refractivity contribution >= 4 is 21.9 Å². The lowest BCUT2D eigenvalue weighted by atomic mass is 10.0. The molecule has 6 nitrogen and oxygen atoms in total. The number of rotatable bonds is 10. The van der Waals surface area contributed by atoms with Gasteiger partial charge in [0.2, 0.25) is 0 Å². The van der Waals surface area contributed by atoms with Crippen molar-refractivity contribution in [1.82, 2.24) is 10.2 Å². The molecule has 0 amide bonds. The number of piperidine rings is 1. The second kappa shape index (κ2) is 11.5. The number of carboxylic acid groups (broad SMARTS) is 1. The zero-order chi connectivity index (χ0) is 21.3. The molecular formula is C23H29BrN2O4. The van der Waals surface area contributed by atoms with Crippen molar-refractivity contribution in [3.05, 3.63) is 64.1 Å². The standard InChI is InChI=1S/C23H29BrN2O4/c24-19-7-5-17(6-8-19)15-26-11-9-20(10-12-26)25-14-21(27)16-30-22-4-2-1-3-18(22)13-23(28)29/h1-8,20-21,25,27H,9-16H2,(H,28,29)/t21-/m0/s1. The highest BCUT2D eigenvalue weighted by Gasteiger charge is 2.20. The second-order valence-corrected chi connectivity index (χ2v) is 8.64. The van der Waals surface area contributed by atoms with Gasteiger partial charge in [-0.25, -0.2) is 0 Å². The molecule has 0 aliphatic carbocycles. The van der Waals surface area contributed by atoms with Gasteiger partial charge < -0.3 is 20.3 Å². The first-order valence-electron chi connectivity index (χ1n) is 10.3. The Morgan fingerprint density at radius 2 is 1.87 bits per heavy atom. The zero-order valence-corrected chi connectivity index (χ0v) is 18.6. The molecule has 2 aromatic rings. The van der Waals surface area contributed by atoms with Crippen LogP contribution in [0.2, 0.25) is 0 Å². The summed E-state index contributed by atoms with van der Waals surface area (Å²) in [7, 11) is 0. The number of halogens is 1. The van der Waals surface area contributed by atoms with Crippen LogP contribution in [0.5, 0.6) is 5.75 Å². The van der Waals surface area contributed by atoms with Gasteiger partial charge in [-0.05, 0) is 49.7 Å². The molecule has 0 unspecified atom stereocenters. The summed E-state index contributed by atoms with van der Waals surface area (Å²) in [5.41, 5.74) is 1.93. The molecular weight excluding hydrogens is 448 g/mol. The summed E-state index contributed by atoms with van der Waals surface area (Å²) in [6.45, 7) is 3.61. The Labute approximate surface area is 186 Å². The van der Waals surface area contributed by atoms with E-state index in [1.807, 2.05) is 0 Å². The number of aliphatic hydroxyl groups is 1. The molecule has 7 heteroatoms. The lowest BCUT2D eigenvalue weighted by Gasteiger charge is -2.33. The van der Waals surface area contributed by atoms with Crippen LogP contribution in [0.3, 0.4) is 0 Å². The van der Waals surface area contributed by atoms with Gasteiger partial charge in [-0.1, -0.05) is 46.3 Å². The molecule has 1 fully saturated rings. The number of para-hydroxylation sites is 1. The summed E-state index contributed by atoms with van der Waals surface area (Å²) >= 11 is 3.47. The minimum Gasteiger partial charge on any atom is -0.491 e. The number of likely N-dealkylation sites (tertiary alicyclic amines) is 1. The largest absolute Gasteiger partial charge is 0.491 e. The molecule has 3 N–H and O–H groups in total. The van der Waals surface area contributed by atoms with Crippen LogP contribution in [0.4, 0.5) is 0 Å². The van der Waals surface area contributed by atoms with E-state index in [1.165, 1.54) is 5.56 Å². The van der Waals surface area contributed by atoms with Gasteiger partial charge in [-0.15, -0.1) is 0 Å². The van der Waals surface area contributed by atoms with E-state index in [0.717, 1.165) is 36.9 Å². The van der Waals surface area contributed by atoms with Crippen molar-refractivity contribution < 1.29 is 19.7 Å². The lowest BCUT2D eigenvalue weighted by Crippen LogP contribution is -2.45. The van der Waals surface area contributed by atoms with Gasteiger partial charge in [0.25, 0.3) is 0 Å². The fourth-order valence-electron chi connectivity index (χ4n) is 3.64. The Morgan fingerprint density at radius 3 is 2.57 bits per heavy atom. The number of carboxylic acids is 1. The number of hydrogen-bond acceptors (Lipinski definition) is 5. The fraction of sp³-hybridized carbons (Fsp3) is 0.435. The summed E-state index contributed by atoms with van der Waals surface area (Å²) in [4.78, 5) is 13.4. The van der Waals surface area contributed by atoms with E-state index in [9.17, 15) is 9.90 Å². The topological polar surface area (TPSA) is 82.0 Å². The highest BCUT2D eigenvalue weighted by atomic mass is 79.9. The molecule has 162 valence electrons. The summed E-state index contributed by atoms with van der Waals surface area (Å²) in [5, 5.41) is 22.7. The number of benzene rings is 2. The third kappa shape index (κ3) is 7.40. The summed E-state index contributed by atoms with van der Waals surface area (Å²) in [6, 6.07) is 15.9. The number of carbonyl (C=O) groups is 1. The van der Waals surface area contributed by atoms with Crippen molar-refractivity contribution in [2.45, 2.75) is 38.0 Å². The van der Waals surface area contributed by atoms with Crippen LogP contribution < -0.4 is 10.1 Å². The summed E-state index contributed by atoms with van der Waals surface area (Å²) < 4.78 is 6.77. The Bertz CT molecular complexity index is 807. The molecule has 3 rings (SSSR count). The molecule has 0 spiro atoms. The molecule has 0 aromatic heterocycles. The van der Waals surface area contributed by atoms with Gasteiger partial charge in [-0.2, -0.15) is 0 Å². The third-order valence-corrected chi connectivity index (χ3v) is 5.82. The molecule has 1 saturated heterocycles. The number of aliphatic carboxylic acids is 1. The minimum atomic E-state index is -0.903. The van der Waals surface area contributed by atoms with Gasteiger partial charge in [0.1, 0.15) is 18.5 Å². The first kappa shape index (κ1) is 22.7. The quantitative estimate of drug-likeness (QED) is 0.488. The number of ether oxygens (including phenoxy) is 1.